The van der Waals surface area contributed by atoms with E-state index in [-0.39, 0.29) is 5.41 Å². The van der Waals surface area contributed by atoms with Crippen molar-refractivity contribution in [2.45, 2.75) is 33.7 Å². The fraction of sp³-hybridized carbons (Fsp3) is 0.304. The molecule has 0 radical (unpaired) electrons. The Morgan fingerprint density at radius 1 is 1.25 bits per heavy atom. The SMILES string of the molecule is C=C(/N=C\C(C)(C)CC)Nc1ccc2c(cnn2Cc2ccc(OC)cc2)c1. The fourth-order valence-corrected chi connectivity index (χ4v) is 2.74. The van der Waals surface area contributed by atoms with Gasteiger partial charge in [-0.25, -0.2) is 4.99 Å². The van der Waals surface area contributed by atoms with E-state index in [1.165, 1.54) is 5.56 Å². The number of hydrogen-bond acceptors (Lipinski definition) is 4. The first-order valence-electron chi connectivity index (χ1n) is 9.50. The molecule has 2 aromatic carbocycles. The van der Waals surface area contributed by atoms with Gasteiger partial charge in [-0.2, -0.15) is 5.10 Å². The number of rotatable bonds is 8. The summed E-state index contributed by atoms with van der Waals surface area (Å²) in [5, 5.41) is 8.87. The van der Waals surface area contributed by atoms with Gasteiger partial charge in [0, 0.05) is 17.3 Å². The van der Waals surface area contributed by atoms with Crippen LogP contribution in [-0.4, -0.2) is 23.1 Å². The Balaban J connectivity index is 1.72. The summed E-state index contributed by atoms with van der Waals surface area (Å²) in [6, 6.07) is 14.2. The van der Waals surface area contributed by atoms with Crippen LogP contribution in [0, 0.1) is 5.41 Å². The topological polar surface area (TPSA) is 51.4 Å². The molecular formula is C23H28N4O. The minimum atomic E-state index is 0.0666. The molecule has 1 N–H and O–H groups in total. The average molecular weight is 377 g/mol. The lowest BCUT2D eigenvalue weighted by atomic mass is 9.92. The molecule has 5 heteroatoms. The van der Waals surface area contributed by atoms with Gasteiger partial charge in [-0.15, -0.1) is 0 Å². The quantitative estimate of drug-likeness (QED) is 0.529. The third-order valence-electron chi connectivity index (χ3n) is 4.90. The Kier molecular flexibility index (Phi) is 5.83. The lowest BCUT2D eigenvalue weighted by molar-refractivity contribution is 0.414. The van der Waals surface area contributed by atoms with Gasteiger partial charge in [-0.1, -0.05) is 39.5 Å². The molecule has 0 saturated carbocycles. The number of nitrogens with zero attached hydrogens (tertiary/aromatic N) is 3. The number of ether oxygens (including phenoxy) is 1. The van der Waals surface area contributed by atoms with Crippen molar-refractivity contribution in [1.82, 2.24) is 9.78 Å². The normalized spacial score (nSPS) is 11.9. The maximum atomic E-state index is 5.22. The summed E-state index contributed by atoms with van der Waals surface area (Å²) in [4.78, 5) is 4.46. The Bertz CT molecular complexity index is 984. The van der Waals surface area contributed by atoms with E-state index >= 15 is 0 Å². The molecule has 1 aromatic heterocycles. The Morgan fingerprint density at radius 3 is 2.68 bits per heavy atom. The lowest BCUT2D eigenvalue weighted by Crippen LogP contribution is -2.11. The second-order valence-electron chi connectivity index (χ2n) is 7.60. The van der Waals surface area contributed by atoms with Crippen LogP contribution in [0.4, 0.5) is 5.69 Å². The molecule has 0 aliphatic carbocycles. The largest absolute Gasteiger partial charge is 0.497 e. The van der Waals surface area contributed by atoms with Gasteiger partial charge in [-0.3, -0.25) is 4.68 Å². The molecule has 0 aliphatic heterocycles. The van der Waals surface area contributed by atoms with Crippen molar-refractivity contribution < 1.29 is 4.74 Å². The first kappa shape index (κ1) is 19.7. The van der Waals surface area contributed by atoms with E-state index in [4.69, 9.17) is 4.74 Å². The van der Waals surface area contributed by atoms with E-state index in [9.17, 15) is 0 Å². The monoisotopic (exact) mass is 376 g/mol. The van der Waals surface area contributed by atoms with Crippen molar-refractivity contribution in [3.8, 4) is 5.75 Å². The van der Waals surface area contributed by atoms with Crippen molar-refractivity contribution in [3.05, 3.63) is 66.6 Å². The first-order valence-corrected chi connectivity index (χ1v) is 9.50. The van der Waals surface area contributed by atoms with Gasteiger partial charge in [-0.05, 0) is 47.7 Å². The molecule has 0 bridgehead atoms. The Morgan fingerprint density at radius 2 is 2.00 bits per heavy atom. The van der Waals surface area contributed by atoms with Crippen LogP contribution in [0.15, 0.2) is 66.1 Å². The third-order valence-corrected chi connectivity index (χ3v) is 4.90. The maximum absolute atomic E-state index is 5.22. The van der Waals surface area contributed by atoms with E-state index in [0.29, 0.717) is 12.4 Å². The second kappa shape index (κ2) is 8.30. The summed E-state index contributed by atoms with van der Waals surface area (Å²) < 4.78 is 7.21. The number of benzene rings is 2. The second-order valence-corrected chi connectivity index (χ2v) is 7.60. The van der Waals surface area contributed by atoms with Crippen molar-refractivity contribution in [1.29, 1.82) is 0 Å². The third kappa shape index (κ3) is 4.80. The highest BCUT2D eigenvalue weighted by Crippen LogP contribution is 2.22. The minimum absolute atomic E-state index is 0.0666. The van der Waals surface area contributed by atoms with Gasteiger partial charge < -0.3 is 10.1 Å². The van der Waals surface area contributed by atoms with Crippen molar-refractivity contribution in [2.75, 3.05) is 12.4 Å². The van der Waals surface area contributed by atoms with E-state index in [1.54, 1.807) is 7.11 Å². The summed E-state index contributed by atoms with van der Waals surface area (Å²) in [6.07, 6.45) is 4.87. The summed E-state index contributed by atoms with van der Waals surface area (Å²) in [5.41, 5.74) is 3.28. The van der Waals surface area contributed by atoms with E-state index in [1.807, 2.05) is 35.3 Å². The molecule has 5 nitrogen and oxygen atoms in total. The lowest BCUT2D eigenvalue weighted by Gasteiger charge is -2.16. The number of fused-ring (bicyclic) bond motifs is 1. The Labute approximate surface area is 166 Å². The zero-order valence-corrected chi connectivity index (χ0v) is 17.1. The first-order chi connectivity index (χ1) is 13.4. The van der Waals surface area contributed by atoms with Crippen LogP contribution in [-0.2, 0) is 6.54 Å². The predicted molar refractivity (Wildman–Crippen MR) is 117 cm³/mol. The van der Waals surface area contributed by atoms with E-state index in [2.05, 4.69) is 67.0 Å². The highest BCUT2D eigenvalue weighted by atomic mass is 16.5. The van der Waals surface area contributed by atoms with Crippen molar-refractivity contribution in [3.63, 3.8) is 0 Å². The highest BCUT2D eigenvalue weighted by Gasteiger charge is 2.11. The van der Waals surface area contributed by atoms with Crippen LogP contribution >= 0.6 is 0 Å². The fourth-order valence-electron chi connectivity index (χ4n) is 2.74. The zero-order chi connectivity index (χ0) is 20.1. The smallest absolute Gasteiger partial charge is 0.122 e. The molecule has 3 aromatic rings. The summed E-state index contributed by atoms with van der Waals surface area (Å²) >= 11 is 0. The number of aromatic nitrogens is 2. The van der Waals surface area contributed by atoms with Crippen LogP contribution in [0.5, 0.6) is 5.75 Å². The summed E-state index contributed by atoms with van der Waals surface area (Å²) in [6.45, 7) is 11.2. The van der Waals surface area contributed by atoms with Crippen LogP contribution in [0.25, 0.3) is 10.9 Å². The molecule has 28 heavy (non-hydrogen) atoms. The highest BCUT2D eigenvalue weighted by molar-refractivity contribution is 5.83. The molecule has 0 aliphatic rings. The molecule has 0 spiro atoms. The number of aliphatic imine (C=N–C) groups is 1. The number of methoxy groups -OCH3 is 1. The molecule has 146 valence electrons. The van der Waals surface area contributed by atoms with Gasteiger partial charge in [0.05, 0.1) is 25.4 Å². The number of anilines is 1. The molecule has 0 unspecified atom stereocenters. The average Bonchev–Trinajstić information content (AvgIpc) is 3.09. The zero-order valence-electron chi connectivity index (χ0n) is 17.1. The standard InChI is InChI=1S/C23H28N4O/c1-6-23(3,4)16-24-17(2)26-20-9-12-22-19(13-20)14-25-27(22)15-18-7-10-21(28-5)11-8-18/h7-14,16,26H,2,6,15H2,1,3-5H3/b24-16-. The molecule has 3 rings (SSSR count). The molecular weight excluding hydrogens is 348 g/mol. The van der Waals surface area contributed by atoms with Gasteiger partial charge >= 0.3 is 0 Å². The van der Waals surface area contributed by atoms with Gasteiger partial charge in [0.2, 0.25) is 0 Å². The van der Waals surface area contributed by atoms with Gasteiger partial charge in [0.25, 0.3) is 0 Å². The Hall–Kier alpha value is -3.08. The summed E-state index contributed by atoms with van der Waals surface area (Å²) in [7, 11) is 1.67. The minimum Gasteiger partial charge on any atom is -0.497 e. The number of hydrogen-bond donors (Lipinski definition) is 1. The number of nitrogens with one attached hydrogen (secondary N) is 1. The maximum Gasteiger partial charge on any atom is 0.122 e. The van der Waals surface area contributed by atoms with Crippen LogP contribution < -0.4 is 10.1 Å². The van der Waals surface area contributed by atoms with Crippen LogP contribution in [0.3, 0.4) is 0 Å². The predicted octanol–water partition coefficient (Wildman–Crippen LogP) is 5.48. The van der Waals surface area contributed by atoms with Crippen molar-refractivity contribution >= 4 is 22.8 Å². The molecule has 0 atom stereocenters. The summed E-state index contributed by atoms with van der Waals surface area (Å²) in [5.74, 6) is 1.49. The van der Waals surface area contributed by atoms with Gasteiger partial charge in [0.15, 0.2) is 0 Å². The van der Waals surface area contributed by atoms with Crippen LogP contribution in [0.2, 0.25) is 0 Å². The van der Waals surface area contributed by atoms with E-state index < -0.39 is 0 Å². The molecule has 1 heterocycles. The van der Waals surface area contributed by atoms with Crippen molar-refractivity contribution in [2.24, 2.45) is 10.4 Å². The molecule has 0 saturated heterocycles. The molecule has 0 amide bonds. The molecule has 0 fully saturated rings. The van der Waals surface area contributed by atoms with Crippen LogP contribution in [0.1, 0.15) is 32.8 Å². The van der Waals surface area contributed by atoms with E-state index in [0.717, 1.165) is 28.8 Å². The van der Waals surface area contributed by atoms with Gasteiger partial charge in [0.1, 0.15) is 11.6 Å².